The van der Waals surface area contributed by atoms with Crippen molar-refractivity contribution >= 4 is 11.0 Å². The minimum absolute atomic E-state index is 0.0965. The van der Waals surface area contributed by atoms with Crippen LogP contribution in [0.1, 0.15) is 49.2 Å². The molecule has 1 aromatic heterocycles. The molecule has 0 saturated carbocycles. The van der Waals surface area contributed by atoms with E-state index in [2.05, 4.69) is 41.8 Å². The predicted molar refractivity (Wildman–Crippen MR) is 108 cm³/mol. The Labute approximate surface area is 160 Å². The molecule has 2 atom stereocenters. The number of fused-ring (bicyclic) bond motifs is 2. The maximum absolute atomic E-state index is 10.7. The second-order valence-electron chi connectivity index (χ2n) is 7.44. The molecule has 0 unspecified atom stereocenters. The van der Waals surface area contributed by atoms with E-state index < -0.39 is 6.10 Å². The molecule has 4 rings (SSSR count). The number of hydrogen-bond acceptors (Lipinski definition) is 3. The van der Waals surface area contributed by atoms with Crippen LogP contribution in [0, 0.1) is 0 Å². The van der Waals surface area contributed by atoms with Crippen LogP contribution in [0.15, 0.2) is 48.5 Å². The maximum Gasteiger partial charge on any atom is 0.109 e. The summed E-state index contributed by atoms with van der Waals surface area (Å²) in [5.74, 6) is 1.04. The van der Waals surface area contributed by atoms with Gasteiger partial charge in [0.25, 0.3) is 0 Å². The minimum atomic E-state index is -0.549. The molecular weight excluding hydrogens is 336 g/mol. The zero-order valence-electron chi connectivity index (χ0n) is 16.0. The van der Waals surface area contributed by atoms with Crippen LogP contribution in [0.25, 0.3) is 11.0 Å². The fraction of sp³-hybridized carbons (Fsp3) is 0.435. The van der Waals surface area contributed by atoms with E-state index in [0.717, 1.165) is 49.0 Å². The van der Waals surface area contributed by atoms with Crippen molar-refractivity contribution in [3.05, 3.63) is 65.5 Å². The molecule has 0 radical (unpaired) electrons. The summed E-state index contributed by atoms with van der Waals surface area (Å²) < 4.78 is 8.30. The van der Waals surface area contributed by atoms with Gasteiger partial charge < -0.3 is 14.4 Å². The van der Waals surface area contributed by atoms with Crippen molar-refractivity contribution in [1.82, 2.24) is 9.55 Å². The van der Waals surface area contributed by atoms with E-state index in [1.165, 1.54) is 11.1 Å². The van der Waals surface area contributed by atoms with Gasteiger partial charge in [-0.15, -0.1) is 0 Å². The topological polar surface area (TPSA) is 47.3 Å². The molecule has 0 spiro atoms. The Bertz CT molecular complexity index is 902. The van der Waals surface area contributed by atoms with Crippen LogP contribution in [0.4, 0.5) is 0 Å². The Hall–Kier alpha value is -2.17. The van der Waals surface area contributed by atoms with Gasteiger partial charge >= 0.3 is 0 Å². The van der Waals surface area contributed by atoms with Gasteiger partial charge in [0.2, 0.25) is 0 Å². The fourth-order valence-corrected chi connectivity index (χ4v) is 4.12. The number of ether oxygens (including phenoxy) is 1. The quantitative estimate of drug-likeness (QED) is 0.674. The van der Waals surface area contributed by atoms with Crippen LogP contribution < -0.4 is 0 Å². The highest BCUT2D eigenvalue weighted by atomic mass is 16.5. The summed E-state index contributed by atoms with van der Waals surface area (Å²) in [5, 5.41) is 10.7. The van der Waals surface area contributed by atoms with Gasteiger partial charge in [-0.05, 0) is 48.9 Å². The number of para-hydroxylation sites is 2. The van der Waals surface area contributed by atoms with Gasteiger partial charge in [-0.1, -0.05) is 43.3 Å². The first-order valence-corrected chi connectivity index (χ1v) is 10.1. The lowest BCUT2D eigenvalue weighted by Crippen LogP contribution is -2.25. The second kappa shape index (κ2) is 8.24. The Morgan fingerprint density at radius 2 is 2.00 bits per heavy atom. The molecule has 0 fully saturated rings. The van der Waals surface area contributed by atoms with E-state index in [0.29, 0.717) is 13.2 Å². The van der Waals surface area contributed by atoms with Crippen LogP contribution in [-0.4, -0.2) is 27.4 Å². The highest BCUT2D eigenvalue weighted by Crippen LogP contribution is 2.32. The number of rotatable bonds is 7. The summed E-state index contributed by atoms with van der Waals surface area (Å²) >= 11 is 0. The van der Waals surface area contributed by atoms with E-state index in [1.54, 1.807) is 0 Å². The number of aryl methyl sites for hydroxylation is 2. The lowest BCUT2D eigenvalue weighted by atomic mass is 9.89. The number of aromatic nitrogens is 2. The summed E-state index contributed by atoms with van der Waals surface area (Å²) in [6.07, 6.45) is 4.79. The SMILES string of the molecule is CCCc1nc2ccccc2n1C[C@@H](O)CO[C@H]1CCCc2ccccc21. The zero-order valence-corrected chi connectivity index (χ0v) is 16.0. The first-order valence-electron chi connectivity index (χ1n) is 10.1. The van der Waals surface area contributed by atoms with Crippen molar-refractivity contribution in [3.8, 4) is 0 Å². The van der Waals surface area contributed by atoms with Crippen molar-refractivity contribution < 1.29 is 9.84 Å². The molecule has 0 bridgehead atoms. The molecule has 4 nitrogen and oxygen atoms in total. The molecule has 0 saturated heterocycles. The third-order valence-corrected chi connectivity index (χ3v) is 5.40. The van der Waals surface area contributed by atoms with Crippen molar-refractivity contribution in [2.24, 2.45) is 0 Å². The Balaban J connectivity index is 1.45. The molecule has 0 amide bonds. The van der Waals surface area contributed by atoms with E-state index in [4.69, 9.17) is 9.72 Å². The van der Waals surface area contributed by atoms with Crippen LogP contribution >= 0.6 is 0 Å². The van der Waals surface area contributed by atoms with Gasteiger partial charge in [0.05, 0.1) is 36.4 Å². The fourth-order valence-electron chi connectivity index (χ4n) is 4.12. The smallest absolute Gasteiger partial charge is 0.109 e. The summed E-state index contributed by atoms with van der Waals surface area (Å²) in [6, 6.07) is 16.7. The average Bonchev–Trinajstić information content (AvgIpc) is 3.04. The monoisotopic (exact) mass is 364 g/mol. The second-order valence-corrected chi connectivity index (χ2v) is 7.44. The van der Waals surface area contributed by atoms with Gasteiger partial charge in [0, 0.05) is 6.42 Å². The van der Waals surface area contributed by atoms with Crippen LogP contribution in [0.3, 0.4) is 0 Å². The van der Waals surface area contributed by atoms with E-state index in [9.17, 15) is 5.11 Å². The molecule has 3 aromatic rings. The number of aliphatic hydroxyl groups is 1. The highest BCUT2D eigenvalue weighted by molar-refractivity contribution is 5.75. The molecule has 1 heterocycles. The lowest BCUT2D eigenvalue weighted by Gasteiger charge is -2.26. The number of imidazole rings is 1. The molecular formula is C23H28N2O2. The molecule has 1 aliphatic rings. The third-order valence-electron chi connectivity index (χ3n) is 5.40. The standard InChI is InChI=1S/C23H28N2O2/c1-2-8-23-24-20-12-5-6-13-21(20)25(23)15-18(26)16-27-22-14-7-10-17-9-3-4-11-19(17)22/h3-6,9,11-13,18,22,26H,2,7-8,10,14-16H2,1H3/t18-,22+/m1/s1. The Kier molecular flexibility index (Phi) is 5.55. The number of aliphatic hydroxyl groups excluding tert-OH is 1. The summed E-state index contributed by atoms with van der Waals surface area (Å²) in [5.41, 5.74) is 4.75. The van der Waals surface area contributed by atoms with Gasteiger partial charge in [0.15, 0.2) is 0 Å². The zero-order chi connectivity index (χ0) is 18.6. The first kappa shape index (κ1) is 18.2. The van der Waals surface area contributed by atoms with Gasteiger partial charge in [-0.3, -0.25) is 0 Å². The molecule has 27 heavy (non-hydrogen) atoms. The van der Waals surface area contributed by atoms with E-state index in [-0.39, 0.29) is 6.10 Å². The van der Waals surface area contributed by atoms with Gasteiger partial charge in [0.1, 0.15) is 5.82 Å². The van der Waals surface area contributed by atoms with Crippen molar-refractivity contribution in [1.29, 1.82) is 0 Å². The summed E-state index contributed by atoms with van der Waals surface area (Å²) in [6.45, 7) is 3.02. The maximum atomic E-state index is 10.7. The molecule has 1 N–H and O–H groups in total. The first-order chi connectivity index (χ1) is 13.3. The predicted octanol–water partition coefficient (Wildman–Crippen LogP) is 4.44. The number of benzene rings is 2. The van der Waals surface area contributed by atoms with Crippen molar-refractivity contribution in [2.75, 3.05) is 6.61 Å². The molecule has 142 valence electrons. The summed E-state index contributed by atoms with van der Waals surface area (Å²) in [7, 11) is 0. The van der Waals surface area contributed by atoms with Crippen molar-refractivity contribution in [3.63, 3.8) is 0 Å². The van der Waals surface area contributed by atoms with Gasteiger partial charge in [-0.25, -0.2) is 4.98 Å². The number of hydrogen-bond donors (Lipinski definition) is 1. The normalized spacial score (nSPS) is 17.8. The molecule has 2 aromatic carbocycles. The number of nitrogens with zero attached hydrogens (tertiary/aromatic N) is 2. The average molecular weight is 364 g/mol. The summed E-state index contributed by atoms with van der Waals surface area (Å²) in [4.78, 5) is 4.75. The van der Waals surface area contributed by atoms with Crippen LogP contribution in [-0.2, 0) is 24.1 Å². The largest absolute Gasteiger partial charge is 0.389 e. The lowest BCUT2D eigenvalue weighted by molar-refractivity contribution is -0.0224. The van der Waals surface area contributed by atoms with Crippen LogP contribution in [0.2, 0.25) is 0 Å². The van der Waals surface area contributed by atoms with E-state index >= 15 is 0 Å². The molecule has 1 aliphatic carbocycles. The molecule has 0 aliphatic heterocycles. The Morgan fingerprint density at radius 3 is 2.89 bits per heavy atom. The minimum Gasteiger partial charge on any atom is -0.389 e. The van der Waals surface area contributed by atoms with Crippen molar-refractivity contribution in [2.45, 2.75) is 57.8 Å². The highest BCUT2D eigenvalue weighted by Gasteiger charge is 2.22. The molecule has 4 heteroatoms. The van der Waals surface area contributed by atoms with Gasteiger partial charge in [-0.2, -0.15) is 0 Å². The third kappa shape index (κ3) is 3.92. The van der Waals surface area contributed by atoms with E-state index in [1.807, 2.05) is 18.2 Å². The van der Waals surface area contributed by atoms with Crippen LogP contribution in [0.5, 0.6) is 0 Å². The Morgan fingerprint density at radius 1 is 1.19 bits per heavy atom.